The Morgan fingerprint density at radius 3 is 2.65 bits per heavy atom. The Morgan fingerprint density at radius 2 is 2.00 bits per heavy atom. The molecule has 1 saturated heterocycles. The van der Waals surface area contributed by atoms with E-state index in [0.29, 0.717) is 5.56 Å². The summed E-state index contributed by atoms with van der Waals surface area (Å²) in [5.74, 6) is -0.843. The molecule has 4 heteroatoms. The average Bonchev–Trinajstić information content (AvgIpc) is 2.30. The molecule has 0 bridgehead atoms. The highest BCUT2D eigenvalue weighted by Crippen LogP contribution is 2.20. The van der Waals surface area contributed by atoms with Gasteiger partial charge in [0.05, 0.1) is 5.56 Å². The van der Waals surface area contributed by atoms with Crippen molar-refractivity contribution in [1.82, 2.24) is 4.90 Å². The van der Waals surface area contributed by atoms with Gasteiger partial charge in [-0.3, -0.25) is 4.90 Å². The van der Waals surface area contributed by atoms with Crippen molar-refractivity contribution < 1.29 is 9.90 Å². The van der Waals surface area contributed by atoms with Gasteiger partial charge in [0, 0.05) is 11.0 Å². The van der Waals surface area contributed by atoms with Gasteiger partial charge in [-0.15, -0.1) is 0 Å². The Bertz CT molecular complexity index is 414. The van der Waals surface area contributed by atoms with E-state index < -0.39 is 5.97 Å². The standard InChI is InChI=1S/C13H16BrNO2/c14-11-4-5-12(13(16)17)10(8-11)9-15-6-2-1-3-7-15/h4-5,8H,1-3,6-7,9H2,(H,16,17). The van der Waals surface area contributed by atoms with Crippen LogP contribution in [0.15, 0.2) is 22.7 Å². The largest absolute Gasteiger partial charge is 0.478 e. The Kier molecular flexibility index (Phi) is 4.18. The topological polar surface area (TPSA) is 40.5 Å². The van der Waals surface area contributed by atoms with E-state index in [1.165, 1.54) is 19.3 Å². The van der Waals surface area contributed by atoms with Crippen molar-refractivity contribution in [3.63, 3.8) is 0 Å². The van der Waals surface area contributed by atoms with E-state index in [1.807, 2.05) is 6.07 Å². The van der Waals surface area contributed by atoms with Crippen molar-refractivity contribution in [1.29, 1.82) is 0 Å². The first-order valence-corrected chi connectivity index (χ1v) is 6.70. The third-order valence-corrected chi connectivity index (χ3v) is 3.63. The molecular weight excluding hydrogens is 282 g/mol. The second-order valence-electron chi connectivity index (χ2n) is 4.44. The molecule has 1 N–H and O–H groups in total. The number of piperidine rings is 1. The van der Waals surface area contributed by atoms with E-state index in [-0.39, 0.29) is 0 Å². The lowest BCUT2D eigenvalue weighted by molar-refractivity contribution is 0.0694. The van der Waals surface area contributed by atoms with E-state index in [9.17, 15) is 4.79 Å². The van der Waals surface area contributed by atoms with E-state index in [0.717, 1.165) is 29.7 Å². The number of likely N-dealkylation sites (tertiary alicyclic amines) is 1. The zero-order chi connectivity index (χ0) is 12.3. The van der Waals surface area contributed by atoms with Crippen LogP contribution in [0.3, 0.4) is 0 Å². The van der Waals surface area contributed by atoms with Gasteiger partial charge in [0.1, 0.15) is 0 Å². The lowest BCUT2D eigenvalue weighted by Gasteiger charge is -2.27. The molecule has 1 aromatic rings. The summed E-state index contributed by atoms with van der Waals surface area (Å²) >= 11 is 3.40. The number of aromatic carboxylic acids is 1. The molecule has 1 heterocycles. The van der Waals surface area contributed by atoms with E-state index in [1.54, 1.807) is 12.1 Å². The maximum atomic E-state index is 11.1. The van der Waals surface area contributed by atoms with E-state index >= 15 is 0 Å². The summed E-state index contributed by atoms with van der Waals surface area (Å²) in [6, 6.07) is 5.37. The summed E-state index contributed by atoms with van der Waals surface area (Å²) in [6.45, 7) is 2.89. The van der Waals surface area contributed by atoms with Crippen LogP contribution in [0.5, 0.6) is 0 Å². The number of hydrogen-bond acceptors (Lipinski definition) is 2. The lowest BCUT2D eigenvalue weighted by Crippen LogP contribution is -2.29. The molecule has 2 rings (SSSR count). The molecule has 1 aliphatic heterocycles. The van der Waals surface area contributed by atoms with Gasteiger partial charge in [-0.2, -0.15) is 0 Å². The second-order valence-corrected chi connectivity index (χ2v) is 5.36. The van der Waals surface area contributed by atoms with Crippen LogP contribution in [0.1, 0.15) is 35.2 Å². The Hall–Kier alpha value is -0.870. The minimum absolute atomic E-state index is 0.416. The molecule has 3 nitrogen and oxygen atoms in total. The summed E-state index contributed by atoms with van der Waals surface area (Å²) in [4.78, 5) is 13.5. The molecule has 1 aromatic carbocycles. The molecule has 17 heavy (non-hydrogen) atoms. The fourth-order valence-corrected chi connectivity index (χ4v) is 2.67. The Morgan fingerprint density at radius 1 is 1.29 bits per heavy atom. The number of benzene rings is 1. The first kappa shape index (κ1) is 12.6. The lowest BCUT2D eigenvalue weighted by atomic mass is 10.1. The van der Waals surface area contributed by atoms with E-state index in [2.05, 4.69) is 20.8 Å². The summed E-state index contributed by atoms with van der Waals surface area (Å²) in [6.07, 6.45) is 3.73. The monoisotopic (exact) mass is 297 g/mol. The van der Waals surface area contributed by atoms with Crippen molar-refractivity contribution in [3.8, 4) is 0 Å². The second kappa shape index (κ2) is 5.65. The van der Waals surface area contributed by atoms with Crippen molar-refractivity contribution in [2.45, 2.75) is 25.8 Å². The highest BCUT2D eigenvalue weighted by atomic mass is 79.9. The fourth-order valence-electron chi connectivity index (χ4n) is 2.26. The molecule has 0 aliphatic carbocycles. The quantitative estimate of drug-likeness (QED) is 0.932. The summed E-state index contributed by atoms with van der Waals surface area (Å²) < 4.78 is 0.939. The van der Waals surface area contributed by atoms with Crippen LogP contribution in [-0.2, 0) is 6.54 Å². The van der Waals surface area contributed by atoms with Crippen LogP contribution in [0.4, 0.5) is 0 Å². The SMILES string of the molecule is O=C(O)c1ccc(Br)cc1CN1CCCCC1. The molecular formula is C13H16BrNO2. The third-order valence-electron chi connectivity index (χ3n) is 3.14. The van der Waals surface area contributed by atoms with Crippen LogP contribution in [0, 0.1) is 0 Å². The average molecular weight is 298 g/mol. The first-order chi connectivity index (χ1) is 8.16. The number of nitrogens with zero attached hydrogens (tertiary/aromatic N) is 1. The smallest absolute Gasteiger partial charge is 0.336 e. The number of carbonyl (C=O) groups is 1. The number of hydrogen-bond donors (Lipinski definition) is 1. The minimum Gasteiger partial charge on any atom is -0.478 e. The molecule has 1 aliphatic rings. The maximum absolute atomic E-state index is 11.1. The van der Waals surface area contributed by atoms with Gasteiger partial charge in [0.2, 0.25) is 0 Å². The Balaban J connectivity index is 2.17. The number of carboxylic acids is 1. The van der Waals surface area contributed by atoms with Gasteiger partial charge in [0.15, 0.2) is 0 Å². The summed E-state index contributed by atoms with van der Waals surface area (Å²) in [7, 11) is 0. The highest BCUT2D eigenvalue weighted by molar-refractivity contribution is 9.10. The highest BCUT2D eigenvalue weighted by Gasteiger charge is 2.15. The zero-order valence-corrected chi connectivity index (χ0v) is 11.2. The normalized spacial score (nSPS) is 17.0. The van der Waals surface area contributed by atoms with Gasteiger partial charge in [-0.05, 0) is 49.7 Å². The molecule has 0 unspecified atom stereocenters. The van der Waals surface area contributed by atoms with Crippen LogP contribution in [0.2, 0.25) is 0 Å². The van der Waals surface area contributed by atoms with E-state index in [4.69, 9.17) is 5.11 Å². The molecule has 0 amide bonds. The number of carboxylic acid groups (broad SMARTS) is 1. The number of halogens is 1. The van der Waals surface area contributed by atoms with Gasteiger partial charge >= 0.3 is 5.97 Å². The predicted octanol–water partition coefficient (Wildman–Crippen LogP) is 3.13. The van der Waals surface area contributed by atoms with Crippen molar-refractivity contribution in [3.05, 3.63) is 33.8 Å². The van der Waals surface area contributed by atoms with Crippen LogP contribution in [-0.4, -0.2) is 29.1 Å². The molecule has 0 saturated carbocycles. The van der Waals surface area contributed by atoms with Gasteiger partial charge in [0.25, 0.3) is 0 Å². The zero-order valence-electron chi connectivity index (χ0n) is 9.66. The van der Waals surface area contributed by atoms with Crippen LogP contribution in [0.25, 0.3) is 0 Å². The molecule has 0 radical (unpaired) electrons. The molecule has 1 fully saturated rings. The maximum Gasteiger partial charge on any atom is 0.336 e. The summed E-state index contributed by atoms with van der Waals surface area (Å²) in [5.41, 5.74) is 1.31. The van der Waals surface area contributed by atoms with Crippen LogP contribution < -0.4 is 0 Å². The molecule has 92 valence electrons. The predicted molar refractivity (Wildman–Crippen MR) is 70.2 cm³/mol. The van der Waals surface area contributed by atoms with Gasteiger partial charge in [-0.1, -0.05) is 22.4 Å². The molecule has 0 spiro atoms. The number of rotatable bonds is 3. The Labute approximate surface area is 110 Å². The van der Waals surface area contributed by atoms with Gasteiger partial charge < -0.3 is 5.11 Å². The van der Waals surface area contributed by atoms with Crippen molar-refractivity contribution in [2.24, 2.45) is 0 Å². The minimum atomic E-state index is -0.843. The van der Waals surface area contributed by atoms with Crippen molar-refractivity contribution >= 4 is 21.9 Å². The van der Waals surface area contributed by atoms with Gasteiger partial charge in [-0.25, -0.2) is 4.79 Å². The molecule has 0 atom stereocenters. The van der Waals surface area contributed by atoms with Crippen LogP contribution >= 0.6 is 15.9 Å². The first-order valence-electron chi connectivity index (χ1n) is 5.91. The fraction of sp³-hybridized carbons (Fsp3) is 0.462. The molecule has 0 aromatic heterocycles. The summed E-state index contributed by atoms with van der Waals surface area (Å²) in [5, 5.41) is 9.15. The van der Waals surface area contributed by atoms with Crippen molar-refractivity contribution in [2.75, 3.05) is 13.1 Å². The third kappa shape index (κ3) is 3.30.